The fraction of sp³-hybridized carbons (Fsp3) is 0.261. The zero-order valence-corrected chi connectivity index (χ0v) is 17.1. The van der Waals surface area contributed by atoms with E-state index in [0.717, 1.165) is 28.9 Å². The van der Waals surface area contributed by atoms with E-state index >= 15 is 0 Å². The fourth-order valence-electron chi connectivity index (χ4n) is 3.89. The Balaban J connectivity index is 1.54. The van der Waals surface area contributed by atoms with Gasteiger partial charge in [0.05, 0.1) is 4.90 Å². The summed E-state index contributed by atoms with van der Waals surface area (Å²) in [4.78, 5) is 4.99. The SMILES string of the molecule is Cc1cc(Cc2cccc(F)c2)cc([C@@H]2CCN(S(=O)(=O)c3ccccc3)C2)n1. The van der Waals surface area contributed by atoms with E-state index in [1.807, 2.05) is 31.2 Å². The van der Waals surface area contributed by atoms with Gasteiger partial charge in [0.2, 0.25) is 10.0 Å². The Morgan fingerprint density at radius 2 is 1.83 bits per heavy atom. The molecule has 0 saturated carbocycles. The van der Waals surface area contributed by atoms with Gasteiger partial charge in [-0.25, -0.2) is 12.8 Å². The third kappa shape index (κ3) is 4.38. The molecule has 150 valence electrons. The van der Waals surface area contributed by atoms with Crippen LogP contribution in [0.25, 0.3) is 0 Å². The number of aromatic nitrogens is 1. The van der Waals surface area contributed by atoms with Crippen LogP contribution >= 0.6 is 0 Å². The summed E-state index contributed by atoms with van der Waals surface area (Å²) in [5.41, 5.74) is 3.75. The van der Waals surface area contributed by atoms with Gasteiger partial charge in [0.15, 0.2) is 0 Å². The quantitative estimate of drug-likeness (QED) is 0.630. The van der Waals surface area contributed by atoms with Crippen molar-refractivity contribution in [1.82, 2.24) is 9.29 Å². The smallest absolute Gasteiger partial charge is 0.243 e. The molecule has 1 aliphatic heterocycles. The summed E-state index contributed by atoms with van der Waals surface area (Å²) < 4.78 is 40.8. The van der Waals surface area contributed by atoms with Crippen molar-refractivity contribution >= 4 is 10.0 Å². The average Bonchev–Trinajstić information content (AvgIpc) is 3.19. The van der Waals surface area contributed by atoms with Crippen molar-refractivity contribution < 1.29 is 12.8 Å². The number of benzene rings is 2. The molecular weight excluding hydrogens is 387 g/mol. The molecule has 0 N–H and O–H groups in total. The summed E-state index contributed by atoms with van der Waals surface area (Å²) in [6, 6.07) is 19.2. The highest BCUT2D eigenvalue weighted by Gasteiger charge is 2.33. The van der Waals surface area contributed by atoms with Gasteiger partial charge in [0.25, 0.3) is 0 Å². The second-order valence-electron chi connectivity index (χ2n) is 7.51. The number of hydrogen-bond donors (Lipinski definition) is 0. The van der Waals surface area contributed by atoms with E-state index < -0.39 is 10.0 Å². The van der Waals surface area contributed by atoms with Gasteiger partial charge in [0.1, 0.15) is 5.82 Å². The number of nitrogens with zero attached hydrogens (tertiary/aromatic N) is 2. The van der Waals surface area contributed by atoms with Crippen LogP contribution in [0.1, 0.15) is 34.9 Å². The zero-order chi connectivity index (χ0) is 20.4. The van der Waals surface area contributed by atoms with Gasteiger partial charge in [0, 0.05) is 30.4 Å². The Bertz CT molecular complexity index is 1120. The van der Waals surface area contributed by atoms with Crippen molar-refractivity contribution in [3.63, 3.8) is 0 Å². The molecule has 0 unspecified atom stereocenters. The maximum atomic E-state index is 13.5. The van der Waals surface area contributed by atoms with E-state index in [2.05, 4.69) is 4.98 Å². The molecule has 0 amide bonds. The van der Waals surface area contributed by atoms with Crippen LogP contribution in [0.5, 0.6) is 0 Å². The first-order valence-corrected chi connectivity index (χ1v) is 11.1. The van der Waals surface area contributed by atoms with Crippen LogP contribution in [0.4, 0.5) is 4.39 Å². The van der Waals surface area contributed by atoms with E-state index in [1.165, 1.54) is 6.07 Å². The Labute approximate surface area is 171 Å². The molecule has 0 bridgehead atoms. The molecule has 3 aromatic rings. The van der Waals surface area contributed by atoms with E-state index in [1.54, 1.807) is 40.7 Å². The average molecular weight is 411 g/mol. The summed E-state index contributed by atoms with van der Waals surface area (Å²) in [5.74, 6) is -0.189. The predicted octanol–water partition coefficient (Wildman–Crippen LogP) is 4.30. The molecule has 6 heteroatoms. The number of sulfonamides is 1. The highest BCUT2D eigenvalue weighted by Crippen LogP contribution is 2.31. The molecule has 4 nitrogen and oxygen atoms in total. The van der Waals surface area contributed by atoms with Crippen molar-refractivity contribution in [2.24, 2.45) is 0 Å². The molecule has 0 spiro atoms. The minimum atomic E-state index is -3.49. The van der Waals surface area contributed by atoms with Gasteiger partial charge >= 0.3 is 0 Å². The summed E-state index contributed by atoms with van der Waals surface area (Å²) in [6.07, 6.45) is 1.36. The van der Waals surface area contributed by atoms with Gasteiger partial charge in [-0.15, -0.1) is 0 Å². The molecule has 0 aliphatic carbocycles. The summed E-state index contributed by atoms with van der Waals surface area (Å²) in [6.45, 7) is 2.84. The molecule has 1 atom stereocenters. The second-order valence-corrected chi connectivity index (χ2v) is 9.45. The lowest BCUT2D eigenvalue weighted by atomic mass is 9.98. The van der Waals surface area contributed by atoms with Crippen LogP contribution in [0.2, 0.25) is 0 Å². The van der Waals surface area contributed by atoms with Gasteiger partial charge in [-0.05, 0) is 67.3 Å². The fourth-order valence-corrected chi connectivity index (χ4v) is 5.41. The molecular formula is C23H23FN2O2S. The van der Waals surface area contributed by atoms with Crippen molar-refractivity contribution in [3.05, 3.63) is 95.1 Å². The number of halogens is 1. The maximum Gasteiger partial charge on any atom is 0.243 e. The van der Waals surface area contributed by atoms with E-state index in [-0.39, 0.29) is 11.7 Å². The van der Waals surface area contributed by atoms with Crippen molar-refractivity contribution in [3.8, 4) is 0 Å². The van der Waals surface area contributed by atoms with Crippen LogP contribution in [-0.2, 0) is 16.4 Å². The first kappa shape index (κ1) is 19.7. The number of aryl methyl sites for hydroxylation is 1. The van der Waals surface area contributed by atoms with Crippen LogP contribution in [0.3, 0.4) is 0 Å². The van der Waals surface area contributed by atoms with Gasteiger partial charge < -0.3 is 0 Å². The van der Waals surface area contributed by atoms with Gasteiger partial charge in [-0.3, -0.25) is 4.98 Å². The lowest BCUT2D eigenvalue weighted by Gasteiger charge is -2.17. The highest BCUT2D eigenvalue weighted by molar-refractivity contribution is 7.89. The van der Waals surface area contributed by atoms with Crippen LogP contribution in [0.15, 0.2) is 71.6 Å². The molecule has 29 heavy (non-hydrogen) atoms. The van der Waals surface area contributed by atoms with Gasteiger partial charge in [-0.2, -0.15) is 4.31 Å². The standard InChI is InChI=1S/C23H23FN2O2S/c1-17-12-19(13-18-6-5-7-21(24)14-18)15-23(25-17)20-10-11-26(16-20)29(27,28)22-8-3-2-4-9-22/h2-9,12,14-15,20H,10-11,13,16H2,1H3/t20-/m1/s1. The van der Waals surface area contributed by atoms with Crippen molar-refractivity contribution in [2.45, 2.75) is 30.6 Å². The summed E-state index contributed by atoms with van der Waals surface area (Å²) >= 11 is 0. The Morgan fingerprint density at radius 3 is 2.59 bits per heavy atom. The van der Waals surface area contributed by atoms with E-state index in [9.17, 15) is 12.8 Å². The number of rotatable bonds is 5. The minimum Gasteiger partial charge on any atom is -0.258 e. The first-order chi connectivity index (χ1) is 13.9. The number of pyridine rings is 1. The first-order valence-electron chi connectivity index (χ1n) is 9.69. The summed E-state index contributed by atoms with van der Waals surface area (Å²) in [5, 5.41) is 0. The number of hydrogen-bond acceptors (Lipinski definition) is 3. The predicted molar refractivity (Wildman–Crippen MR) is 111 cm³/mol. The normalized spacial score (nSPS) is 17.5. The molecule has 1 fully saturated rings. The minimum absolute atomic E-state index is 0.0552. The molecule has 2 aromatic carbocycles. The summed E-state index contributed by atoms with van der Waals surface area (Å²) in [7, 11) is -3.49. The van der Waals surface area contributed by atoms with Crippen LogP contribution in [0, 0.1) is 12.7 Å². The lowest BCUT2D eigenvalue weighted by Crippen LogP contribution is -2.28. The molecule has 1 aromatic heterocycles. The maximum absolute atomic E-state index is 13.5. The second kappa shape index (κ2) is 8.05. The molecule has 0 radical (unpaired) electrons. The lowest BCUT2D eigenvalue weighted by molar-refractivity contribution is 0.472. The molecule has 4 rings (SSSR count). The molecule has 1 aliphatic rings. The Hall–Kier alpha value is -2.57. The van der Waals surface area contributed by atoms with Crippen molar-refractivity contribution in [2.75, 3.05) is 13.1 Å². The van der Waals surface area contributed by atoms with Crippen LogP contribution < -0.4 is 0 Å². The largest absolute Gasteiger partial charge is 0.258 e. The third-order valence-electron chi connectivity index (χ3n) is 5.28. The van der Waals surface area contributed by atoms with Crippen LogP contribution in [-0.4, -0.2) is 30.8 Å². The van der Waals surface area contributed by atoms with Crippen molar-refractivity contribution in [1.29, 1.82) is 0 Å². The Kier molecular flexibility index (Phi) is 5.48. The van der Waals surface area contributed by atoms with E-state index in [0.29, 0.717) is 24.4 Å². The molecule has 2 heterocycles. The zero-order valence-electron chi connectivity index (χ0n) is 16.3. The monoisotopic (exact) mass is 410 g/mol. The highest BCUT2D eigenvalue weighted by atomic mass is 32.2. The Morgan fingerprint density at radius 1 is 1.03 bits per heavy atom. The molecule has 1 saturated heterocycles. The van der Waals surface area contributed by atoms with E-state index in [4.69, 9.17) is 0 Å². The van der Waals surface area contributed by atoms with Gasteiger partial charge in [-0.1, -0.05) is 30.3 Å². The topological polar surface area (TPSA) is 50.3 Å². The third-order valence-corrected chi connectivity index (χ3v) is 7.16.